The number of anilines is 2. The summed E-state index contributed by atoms with van der Waals surface area (Å²) in [5, 5.41) is 12.0. The van der Waals surface area contributed by atoms with Crippen molar-refractivity contribution in [2.24, 2.45) is 10.3 Å². The smallest absolute Gasteiger partial charge is 0.263 e. The van der Waals surface area contributed by atoms with Gasteiger partial charge in [0.15, 0.2) is 12.1 Å². The van der Waals surface area contributed by atoms with E-state index in [1.165, 1.54) is 18.2 Å². The lowest BCUT2D eigenvalue weighted by atomic mass is 10.1. The van der Waals surface area contributed by atoms with Crippen LogP contribution in [0.3, 0.4) is 0 Å². The third-order valence-electron chi connectivity index (χ3n) is 4.36. The van der Waals surface area contributed by atoms with Gasteiger partial charge in [-0.25, -0.2) is 9.29 Å². The van der Waals surface area contributed by atoms with Gasteiger partial charge in [-0.05, 0) is 42.5 Å². The van der Waals surface area contributed by atoms with Crippen molar-refractivity contribution in [1.82, 2.24) is 5.01 Å². The number of hydrogen-bond donors (Lipinski definition) is 1. The van der Waals surface area contributed by atoms with Crippen molar-refractivity contribution in [3.05, 3.63) is 59.4 Å². The lowest BCUT2D eigenvalue weighted by Crippen LogP contribution is -2.43. The molecule has 2 atom stereocenters. The number of hydrogen-bond acceptors (Lipinski definition) is 6. The maximum absolute atomic E-state index is 13.5. The summed E-state index contributed by atoms with van der Waals surface area (Å²) < 4.78 is 13.5. The summed E-state index contributed by atoms with van der Waals surface area (Å²) in [7, 11) is 0. The van der Waals surface area contributed by atoms with Crippen molar-refractivity contribution in [2.75, 3.05) is 16.8 Å². The summed E-state index contributed by atoms with van der Waals surface area (Å²) in [6.45, 7) is -0.275. The number of fused-ring (bicyclic) bond motifs is 1. The van der Waals surface area contributed by atoms with Crippen molar-refractivity contribution in [3.63, 3.8) is 0 Å². The molecule has 0 bridgehead atoms. The molecule has 4 rings (SSSR count). The van der Waals surface area contributed by atoms with Gasteiger partial charge in [0.2, 0.25) is 5.91 Å². The third-order valence-corrected chi connectivity index (χ3v) is 4.61. The average molecular weight is 402 g/mol. The van der Waals surface area contributed by atoms with Gasteiger partial charge in [0.25, 0.3) is 11.8 Å². The Balaban J connectivity index is 1.49. The number of amides is 3. The lowest BCUT2D eigenvalue weighted by molar-refractivity contribution is -0.123. The molecule has 0 aliphatic carbocycles. The van der Waals surface area contributed by atoms with Crippen molar-refractivity contribution in [2.45, 2.75) is 12.1 Å². The number of rotatable bonds is 4. The highest BCUT2D eigenvalue weighted by Crippen LogP contribution is 2.32. The molecule has 142 valence electrons. The Labute approximate surface area is 163 Å². The van der Waals surface area contributed by atoms with Crippen LogP contribution in [0.5, 0.6) is 0 Å². The molecule has 1 saturated heterocycles. The molecule has 2 unspecified atom stereocenters. The Morgan fingerprint density at radius 2 is 1.89 bits per heavy atom. The standard InChI is InChI=1S/C18H13ClFN5O3/c19-10-4-6-12(7-5-10)21-14(26)9-24-16-15(22-23-24)17(27)25(18(16)28)13-3-1-2-11(20)8-13/h1-8,15-16H,9H2,(H,21,26). The van der Waals surface area contributed by atoms with Crippen LogP contribution in [0, 0.1) is 5.82 Å². The van der Waals surface area contributed by atoms with Crippen molar-refractivity contribution >= 4 is 40.7 Å². The first-order valence-corrected chi connectivity index (χ1v) is 8.68. The van der Waals surface area contributed by atoms with Gasteiger partial charge >= 0.3 is 0 Å². The topological polar surface area (TPSA) is 94.4 Å². The molecule has 0 aromatic heterocycles. The zero-order chi connectivity index (χ0) is 19.8. The highest BCUT2D eigenvalue weighted by atomic mass is 35.5. The number of benzene rings is 2. The van der Waals surface area contributed by atoms with E-state index in [4.69, 9.17) is 11.6 Å². The van der Waals surface area contributed by atoms with Crippen molar-refractivity contribution in [3.8, 4) is 0 Å². The van der Waals surface area contributed by atoms with Crippen LogP contribution < -0.4 is 10.2 Å². The third kappa shape index (κ3) is 3.20. The maximum atomic E-state index is 13.5. The van der Waals surface area contributed by atoms with E-state index in [1.54, 1.807) is 24.3 Å². The second kappa shape index (κ2) is 7.01. The Kier molecular flexibility index (Phi) is 4.52. The Morgan fingerprint density at radius 1 is 1.14 bits per heavy atom. The van der Waals surface area contributed by atoms with E-state index in [1.807, 2.05) is 0 Å². The number of carbonyl (C=O) groups excluding carboxylic acids is 3. The molecule has 0 saturated carbocycles. The van der Waals surface area contributed by atoms with Gasteiger partial charge in [0, 0.05) is 10.7 Å². The average Bonchev–Trinajstić information content (AvgIpc) is 3.17. The quantitative estimate of drug-likeness (QED) is 0.796. The fourth-order valence-corrected chi connectivity index (χ4v) is 3.23. The summed E-state index contributed by atoms with van der Waals surface area (Å²) in [5.41, 5.74) is 0.641. The SMILES string of the molecule is O=C(CN1N=NC2C(=O)N(c3cccc(F)c3)C(=O)C21)Nc1ccc(Cl)cc1. The van der Waals surface area contributed by atoms with Gasteiger partial charge in [-0.15, -0.1) is 0 Å². The van der Waals surface area contributed by atoms with Crippen molar-refractivity contribution < 1.29 is 18.8 Å². The zero-order valence-corrected chi connectivity index (χ0v) is 15.0. The normalized spacial score (nSPS) is 20.6. The van der Waals surface area contributed by atoms with Crippen LogP contribution >= 0.6 is 11.6 Å². The molecule has 2 aliphatic heterocycles. The molecule has 0 radical (unpaired) electrons. The highest BCUT2D eigenvalue weighted by Gasteiger charge is 2.55. The molecular formula is C18H13ClFN5O3. The summed E-state index contributed by atoms with van der Waals surface area (Å²) in [4.78, 5) is 38.5. The molecule has 0 spiro atoms. The van der Waals surface area contributed by atoms with Crippen LogP contribution in [-0.4, -0.2) is 41.4 Å². The minimum Gasteiger partial charge on any atom is -0.324 e. The van der Waals surface area contributed by atoms with E-state index in [9.17, 15) is 18.8 Å². The molecule has 2 aromatic rings. The minimum atomic E-state index is -1.06. The highest BCUT2D eigenvalue weighted by molar-refractivity contribution is 6.30. The molecule has 1 N–H and O–H groups in total. The van der Waals surface area contributed by atoms with Crippen LogP contribution in [0.4, 0.5) is 15.8 Å². The van der Waals surface area contributed by atoms with Crippen LogP contribution in [0.2, 0.25) is 5.02 Å². The van der Waals surface area contributed by atoms with Crippen LogP contribution in [0.1, 0.15) is 0 Å². The number of nitrogens with zero attached hydrogens (tertiary/aromatic N) is 4. The van der Waals surface area contributed by atoms with Gasteiger partial charge in [0.05, 0.1) is 5.69 Å². The summed E-state index contributed by atoms with van der Waals surface area (Å²) in [6.07, 6.45) is 0. The van der Waals surface area contributed by atoms with Crippen LogP contribution in [0.25, 0.3) is 0 Å². The second-order valence-corrected chi connectivity index (χ2v) is 6.68. The predicted octanol–water partition coefficient (Wildman–Crippen LogP) is 2.41. The molecular weight excluding hydrogens is 389 g/mol. The largest absolute Gasteiger partial charge is 0.324 e. The first-order valence-electron chi connectivity index (χ1n) is 8.30. The molecule has 8 nitrogen and oxygen atoms in total. The van der Waals surface area contributed by atoms with E-state index < -0.39 is 35.6 Å². The Hall–Kier alpha value is -3.33. The van der Waals surface area contributed by atoms with Gasteiger partial charge in [-0.1, -0.05) is 22.9 Å². The first-order chi connectivity index (χ1) is 13.4. The van der Waals surface area contributed by atoms with Crippen LogP contribution in [-0.2, 0) is 14.4 Å². The van der Waals surface area contributed by atoms with Gasteiger partial charge in [-0.3, -0.25) is 19.4 Å². The van der Waals surface area contributed by atoms with E-state index in [2.05, 4.69) is 15.7 Å². The predicted molar refractivity (Wildman–Crippen MR) is 98.1 cm³/mol. The minimum absolute atomic E-state index is 0.116. The molecule has 1 fully saturated rings. The van der Waals surface area contributed by atoms with Gasteiger partial charge < -0.3 is 5.32 Å². The van der Waals surface area contributed by atoms with E-state index in [0.717, 1.165) is 16.0 Å². The fraction of sp³-hybridized carbons (Fsp3) is 0.167. The Morgan fingerprint density at radius 3 is 2.61 bits per heavy atom. The summed E-state index contributed by atoms with van der Waals surface area (Å²) in [6, 6.07) is 9.57. The maximum Gasteiger partial charge on any atom is 0.263 e. The molecule has 10 heteroatoms. The molecule has 2 aromatic carbocycles. The van der Waals surface area contributed by atoms with E-state index >= 15 is 0 Å². The second-order valence-electron chi connectivity index (χ2n) is 6.24. The Bertz CT molecular complexity index is 997. The zero-order valence-electron chi connectivity index (χ0n) is 14.3. The van der Waals surface area contributed by atoms with E-state index in [0.29, 0.717) is 10.7 Å². The van der Waals surface area contributed by atoms with Crippen molar-refractivity contribution in [1.29, 1.82) is 0 Å². The monoisotopic (exact) mass is 401 g/mol. The van der Waals surface area contributed by atoms with Gasteiger partial charge in [0.1, 0.15) is 12.4 Å². The first kappa shape index (κ1) is 18.1. The molecule has 2 heterocycles. The number of halogens is 2. The van der Waals surface area contributed by atoms with Gasteiger partial charge in [-0.2, -0.15) is 5.11 Å². The molecule has 2 aliphatic rings. The molecule has 3 amide bonds. The van der Waals surface area contributed by atoms with Crippen LogP contribution in [0.15, 0.2) is 58.9 Å². The fourth-order valence-electron chi connectivity index (χ4n) is 3.10. The van der Waals surface area contributed by atoms with E-state index in [-0.39, 0.29) is 12.2 Å². The summed E-state index contributed by atoms with van der Waals surface area (Å²) >= 11 is 5.80. The lowest BCUT2D eigenvalue weighted by Gasteiger charge is -2.20. The summed E-state index contributed by atoms with van der Waals surface area (Å²) in [5.74, 6) is -2.22. The number of nitrogens with one attached hydrogen (secondary N) is 1. The molecule has 28 heavy (non-hydrogen) atoms. The number of imide groups is 1. The number of carbonyl (C=O) groups is 3.